The molecule has 0 saturated heterocycles. The van der Waals surface area contributed by atoms with Gasteiger partial charge in [-0.3, -0.25) is 10.1 Å². The van der Waals surface area contributed by atoms with Crippen LogP contribution in [0.25, 0.3) is 0 Å². The van der Waals surface area contributed by atoms with Crippen molar-refractivity contribution in [3.63, 3.8) is 0 Å². The highest BCUT2D eigenvalue weighted by atomic mass is 127. The van der Waals surface area contributed by atoms with Crippen molar-refractivity contribution in [3.05, 3.63) is 49.8 Å². The Balaban J connectivity index is 2.19. The summed E-state index contributed by atoms with van der Waals surface area (Å²) in [5, 5.41) is 3.33. The zero-order valence-electron chi connectivity index (χ0n) is 8.82. The van der Waals surface area contributed by atoms with Gasteiger partial charge in [0.25, 0.3) is 5.91 Å². The van der Waals surface area contributed by atoms with E-state index in [0.717, 1.165) is 3.57 Å². The minimum atomic E-state index is -0.337. The van der Waals surface area contributed by atoms with Crippen molar-refractivity contribution in [2.75, 3.05) is 5.32 Å². The number of hydrogen-bond acceptors (Lipinski definition) is 3. The Hall–Kier alpha value is -0.920. The maximum atomic E-state index is 11.9. The molecular formula is C11H6Cl2IN3O. The lowest BCUT2D eigenvalue weighted by atomic mass is 10.2. The van der Waals surface area contributed by atoms with Gasteiger partial charge in [-0.1, -0.05) is 23.2 Å². The van der Waals surface area contributed by atoms with Crippen LogP contribution >= 0.6 is 45.8 Å². The summed E-state index contributed by atoms with van der Waals surface area (Å²) in [5.41, 5.74) is 0.434. The summed E-state index contributed by atoms with van der Waals surface area (Å²) in [6.07, 6.45) is 1.46. The number of aromatic nitrogens is 2. The van der Waals surface area contributed by atoms with Gasteiger partial charge in [-0.2, -0.15) is 0 Å². The molecule has 0 aliphatic carbocycles. The number of carbonyl (C=O) groups excluding carboxylic acids is 1. The van der Waals surface area contributed by atoms with Crippen molar-refractivity contribution in [2.45, 2.75) is 0 Å². The lowest BCUT2D eigenvalue weighted by molar-refractivity contribution is 0.102. The fraction of sp³-hybridized carbons (Fsp3) is 0. The van der Waals surface area contributed by atoms with E-state index >= 15 is 0 Å². The second kappa shape index (κ2) is 5.81. The van der Waals surface area contributed by atoms with Gasteiger partial charge in [0.1, 0.15) is 5.15 Å². The fourth-order valence-corrected chi connectivity index (χ4v) is 1.86. The first-order valence-electron chi connectivity index (χ1n) is 4.81. The predicted octanol–water partition coefficient (Wildman–Crippen LogP) is 3.64. The van der Waals surface area contributed by atoms with E-state index in [0.29, 0.717) is 10.6 Å². The number of anilines is 1. The number of rotatable bonds is 2. The van der Waals surface area contributed by atoms with Crippen molar-refractivity contribution >= 4 is 57.6 Å². The van der Waals surface area contributed by atoms with Gasteiger partial charge in [-0.25, -0.2) is 9.97 Å². The molecule has 0 bridgehead atoms. The lowest BCUT2D eigenvalue weighted by Crippen LogP contribution is -2.14. The Morgan fingerprint density at radius 3 is 2.72 bits per heavy atom. The molecule has 2 aromatic rings. The average Bonchev–Trinajstić information content (AvgIpc) is 2.32. The van der Waals surface area contributed by atoms with Gasteiger partial charge in [-0.15, -0.1) is 0 Å². The number of halogens is 3. The topological polar surface area (TPSA) is 54.9 Å². The first kappa shape index (κ1) is 13.5. The number of amides is 1. The highest BCUT2D eigenvalue weighted by Gasteiger charge is 2.09. The molecule has 0 aliphatic heterocycles. The van der Waals surface area contributed by atoms with Gasteiger partial charge in [0.05, 0.1) is 5.02 Å². The molecule has 0 aliphatic rings. The van der Waals surface area contributed by atoms with Crippen LogP contribution in [0.3, 0.4) is 0 Å². The monoisotopic (exact) mass is 393 g/mol. The van der Waals surface area contributed by atoms with Crippen LogP contribution in [0.1, 0.15) is 10.4 Å². The van der Waals surface area contributed by atoms with Crippen LogP contribution in [0.2, 0.25) is 10.2 Å². The van der Waals surface area contributed by atoms with E-state index < -0.39 is 0 Å². The molecule has 1 aromatic heterocycles. The molecule has 0 unspecified atom stereocenters. The molecule has 0 saturated carbocycles. The first-order chi connectivity index (χ1) is 8.56. The third-order valence-corrected chi connectivity index (χ3v) is 3.81. The van der Waals surface area contributed by atoms with Crippen LogP contribution < -0.4 is 5.32 Å². The molecule has 4 nitrogen and oxygen atoms in total. The summed E-state index contributed by atoms with van der Waals surface area (Å²) in [4.78, 5) is 19.6. The van der Waals surface area contributed by atoms with Gasteiger partial charge in [-0.05, 0) is 46.9 Å². The summed E-state index contributed by atoms with van der Waals surface area (Å²) in [6.45, 7) is 0. The third-order valence-electron chi connectivity index (χ3n) is 2.03. The summed E-state index contributed by atoms with van der Waals surface area (Å²) in [6, 6.07) is 6.55. The number of benzene rings is 1. The van der Waals surface area contributed by atoms with E-state index in [4.69, 9.17) is 23.2 Å². The Morgan fingerprint density at radius 2 is 2.06 bits per heavy atom. The summed E-state index contributed by atoms with van der Waals surface area (Å²) < 4.78 is 0.879. The summed E-state index contributed by atoms with van der Waals surface area (Å²) in [7, 11) is 0. The number of carbonyl (C=O) groups is 1. The first-order valence-corrected chi connectivity index (χ1v) is 6.64. The standard InChI is InChI=1S/C11H6Cl2IN3O/c12-7-5-6(1-2-8(7)14)10(18)17-11-15-4-3-9(13)16-11/h1-5H,(H,15,16,17,18). The molecule has 1 aromatic carbocycles. The molecule has 2 rings (SSSR count). The van der Waals surface area contributed by atoms with Crippen LogP contribution in [0.4, 0.5) is 5.95 Å². The van der Waals surface area contributed by atoms with E-state index in [-0.39, 0.29) is 17.0 Å². The molecular weight excluding hydrogens is 388 g/mol. The SMILES string of the molecule is O=C(Nc1nccc(Cl)n1)c1ccc(I)c(Cl)c1. The Labute approximate surface area is 127 Å². The van der Waals surface area contributed by atoms with E-state index in [1.165, 1.54) is 12.3 Å². The van der Waals surface area contributed by atoms with E-state index in [1.54, 1.807) is 18.2 Å². The Kier molecular flexibility index (Phi) is 4.36. The fourth-order valence-electron chi connectivity index (χ4n) is 1.21. The molecule has 0 radical (unpaired) electrons. The molecule has 1 amide bonds. The second-order valence-corrected chi connectivity index (χ2v) is 5.24. The van der Waals surface area contributed by atoms with Crippen molar-refractivity contribution in [1.29, 1.82) is 0 Å². The zero-order chi connectivity index (χ0) is 13.1. The van der Waals surface area contributed by atoms with Gasteiger partial charge < -0.3 is 0 Å². The van der Waals surface area contributed by atoms with Crippen molar-refractivity contribution in [1.82, 2.24) is 9.97 Å². The van der Waals surface area contributed by atoms with Crippen molar-refractivity contribution in [2.24, 2.45) is 0 Å². The molecule has 1 N–H and O–H groups in total. The summed E-state index contributed by atoms with van der Waals surface area (Å²) in [5.74, 6) is -0.183. The number of nitrogens with one attached hydrogen (secondary N) is 1. The van der Waals surface area contributed by atoms with Crippen LogP contribution in [0, 0.1) is 3.57 Å². The molecule has 18 heavy (non-hydrogen) atoms. The smallest absolute Gasteiger partial charge is 0.258 e. The average molecular weight is 394 g/mol. The minimum absolute atomic E-state index is 0.155. The van der Waals surface area contributed by atoms with E-state index in [2.05, 4.69) is 37.9 Å². The lowest BCUT2D eigenvalue weighted by Gasteiger charge is -2.04. The number of nitrogens with zero attached hydrogens (tertiary/aromatic N) is 2. The Bertz CT molecular complexity index is 607. The maximum Gasteiger partial charge on any atom is 0.258 e. The molecule has 1 heterocycles. The molecule has 92 valence electrons. The molecule has 0 atom stereocenters. The van der Waals surface area contributed by atoms with Gasteiger partial charge in [0, 0.05) is 15.3 Å². The quantitative estimate of drug-likeness (QED) is 0.626. The maximum absolute atomic E-state index is 11.9. The number of hydrogen-bond donors (Lipinski definition) is 1. The van der Waals surface area contributed by atoms with Crippen LogP contribution in [0.5, 0.6) is 0 Å². The summed E-state index contributed by atoms with van der Waals surface area (Å²) >= 11 is 13.7. The normalized spacial score (nSPS) is 10.2. The van der Waals surface area contributed by atoms with E-state index in [9.17, 15) is 4.79 Å². The Morgan fingerprint density at radius 1 is 1.28 bits per heavy atom. The zero-order valence-corrected chi connectivity index (χ0v) is 12.5. The molecule has 7 heteroatoms. The molecule has 0 spiro atoms. The van der Waals surface area contributed by atoms with Gasteiger partial charge >= 0.3 is 0 Å². The second-order valence-electron chi connectivity index (χ2n) is 3.29. The van der Waals surface area contributed by atoms with Crippen LogP contribution in [-0.2, 0) is 0 Å². The van der Waals surface area contributed by atoms with Crippen LogP contribution in [-0.4, -0.2) is 15.9 Å². The van der Waals surface area contributed by atoms with Crippen molar-refractivity contribution < 1.29 is 4.79 Å². The highest BCUT2D eigenvalue weighted by molar-refractivity contribution is 14.1. The molecule has 0 fully saturated rings. The van der Waals surface area contributed by atoms with Crippen molar-refractivity contribution in [3.8, 4) is 0 Å². The van der Waals surface area contributed by atoms with E-state index in [1.807, 2.05) is 0 Å². The largest absolute Gasteiger partial charge is 0.290 e. The minimum Gasteiger partial charge on any atom is -0.290 e. The predicted molar refractivity (Wildman–Crippen MR) is 79.2 cm³/mol. The van der Waals surface area contributed by atoms with Gasteiger partial charge in [0.2, 0.25) is 5.95 Å². The highest BCUT2D eigenvalue weighted by Crippen LogP contribution is 2.20. The van der Waals surface area contributed by atoms with Gasteiger partial charge in [0.15, 0.2) is 0 Å². The van der Waals surface area contributed by atoms with Crippen LogP contribution in [0.15, 0.2) is 30.5 Å². The third kappa shape index (κ3) is 3.30.